The van der Waals surface area contributed by atoms with Crippen LogP contribution in [0.5, 0.6) is 5.88 Å². The van der Waals surface area contributed by atoms with Crippen molar-refractivity contribution in [1.29, 1.82) is 0 Å². The van der Waals surface area contributed by atoms with Gasteiger partial charge in [-0.05, 0) is 34.9 Å². The van der Waals surface area contributed by atoms with Gasteiger partial charge in [-0.1, -0.05) is 0 Å². The van der Waals surface area contributed by atoms with Crippen LogP contribution in [0.25, 0.3) is 0 Å². The van der Waals surface area contributed by atoms with Gasteiger partial charge in [-0.3, -0.25) is 0 Å². The van der Waals surface area contributed by atoms with Crippen molar-refractivity contribution < 1.29 is 4.74 Å². The minimum absolute atomic E-state index is 0.559. The molecule has 0 unspecified atom stereocenters. The molecule has 2 aromatic heterocycles. The lowest BCUT2D eigenvalue weighted by Crippen LogP contribution is -2.05. The predicted molar refractivity (Wildman–Crippen MR) is 71.6 cm³/mol. The summed E-state index contributed by atoms with van der Waals surface area (Å²) in [7, 11) is 1.59. The molecule has 0 fully saturated rings. The third-order valence-electron chi connectivity index (χ3n) is 2.52. The first-order valence-corrected chi connectivity index (χ1v) is 6.21. The zero-order valence-corrected chi connectivity index (χ0v) is 10.7. The molecule has 5 heteroatoms. The van der Waals surface area contributed by atoms with Crippen molar-refractivity contribution >= 4 is 22.8 Å². The maximum Gasteiger partial charge on any atom is 0.215 e. The maximum absolute atomic E-state index is 5.84. The molecule has 0 saturated carbocycles. The summed E-state index contributed by atoms with van der Waals surface area (Å²) in [6.45, 7) is 2.82. The Labute approximate surface area is 104 Å². The molecular formula is C12H15N3OS. The summed E-state index contributed by atoms with van der Waals surface area (Å²) in [4.78, 5) is 4.26. The summed E-state index contributed by atoms with van der Waals surface area (Å²) in [6.07, 6.45) is 0. The molecule has 0 radical (unpaired) electrons. The van der Waals surface area contributed by atoms with E-state index in [1.165, 1.54) is 11.1 Å². The zero-order valence-electron chi connectivity index (χ0n) is 9.86. The minimum Gasteiger partial charge on any atom is -0.481 e. The van der Waals surface area contributed by atoms with Crippen LogP contribution >= 0.6 is 11.3 Å². The highest BCUT2D eigenvalue weighted by molar-refractivity contribution is 7.08. The van der Waals surface area contributed by atoms with Crippen LogP contribution in [0.3, 0.4) is 0 Å². The lowest BCUT2D eigenvalue weighted by Gasteiger charge is -2.09. The molecule has 0 spiro atoms. The smallest absolute Gasteiger partial charge is 0.215 e. The minimum atomic E-state index is 0.559. The van der Waals surface area contributed by atoms with Gasteiger partial charge in [0.2, 0.25) is 5.88 Å². The molecular weight excluding hydrogens is 234 g/mol. The monoisotopic (exact) mass is 249 g/mol. The summed E-state index contributed by atoms with van der Waals surface area (Å²) in [5.41, 5.74) is 9.01. The van der Waals surface area contributed by atoms with E-state index in [4.69, 9.17) is 10.5 Å². The Kier molecular flexibility index (Phi) is 3.49. The molecule has 17 heavy (non-hydrogen) atoms. The molecule has 4 nitrogen and oxygen atoms in total. The number of aromatic nitrogens is 1. The van der Waals surface area contributed by atoms with E-state index in [2.05, 4.69) is 28.0 Å². The van der Waals surface area contributed by atoms with E-state index >= 15 is 0 Å². The Bertz CT molecular complexity index is 510. The molecule has 0 bridgehead atoms. The number of methoxy groups -OCH3 is 1. The van der Waals surface area contributed by atoms with Crippen LogP contribution in [0.2, 0.25) is 0 Å². The molecule has 3 N–H and O–H groups in total. The van der Waals surface area contributed by atoms with E-state index in [0.29, 0.717) is 17.4 Å². The van der Waals surface area contributed by atoms with Crippen LogP contribution in [0.15, 0.2) is 22.9 Å². The van der Waals surface area contributed by atoms with E-state index in [1.807, 2.05) is 0 Å². The van der Waals surface area contributed by atoms with Gasteiger partial charge in [0.1, 0.15) is 0 Å². The number of aryl methyl sites for hydroxylation is 1. The van der Waals surface area contributed by atoms with Gasteiger partial charge in [0.05, 0.1) is 12.8 Å². The molecule has 90 valence electrons. The molecule has 0 atom stereocenters. The molecule has 0 aliphatic rings. The van der Waals surface area contributed by atoms with Gasteiger partial charge in [-0.25, -0.2) is 0 Å². The van der Waals surface area contributed by atoms with E-state index in [0.717, 1.165) is 6.54 Å². The van der Waals surface area contributed by atoms with Gasteiger partial charge in [0.25, 0.3) is 0 Å². The second-order valence-electron chi connectivity index (χ2n) is 3.73. The second kappa shape index (κ2) is 5.05. The molecule has 0 amide bonds. The summed E-state index contributed by atoms with van der Waals surface area (Å²) in [5, 5.41) is 7.47. The Balaban J connectivity index is 2.11. The first-order valence-electron chi connectivity index (χ1n) is 5.26. The van der Waals surface area contributed by atoms with Crippen LogP contribution in [0, 0.1) is 6.92 Å². The van der Waals surface area contributed by atoms with Crippen molar-refractivity contribution in [3.05, 3.63) is 34.0 Å². The summed E-state index contributed by atoms with van der Waals surface area (Å²) < 4.78 is 5.07. The third-order valence-corrected chi connectivity index (χ3v) is 3.43. The van der Waals surface area contributed by atoms with Gasteiger partial charge in [-0.15, -0.1) is 0 Å². The number of thiophene rings is 1. The standard InChI is InChI=1S/C12H15N3OS/c1-8-6-17-7-9(8)5-14-12-10(13)3-4-11(15-12)16-2/h3-4,6-7H,5,13H2,1-2H3,(H,14,15). The molecule has 0 saturated heterocycles. The maximum atomic E-state index is 5.84. The van der Waals surface area contributed by atoms with Crippen LogP contribution in [0.1, 0.15) is 11.1 Å². The molecule has 0 aromatic carbocycles. The van der Waals surface area contributed by atoms with Crippen molar-refractivity contribution in [2.45, 2.75) is 13.5 Å². The average molecular weight is 249 g/mol. The SMILES string of the molecule is COc1ccc(N)c(NCc2cscc2C)n1. The number of nitrogens with one attached hydrogen (secondary N) is 1. The molecule has 2 rings (SSSR count). The van der Waals surface area contributed by atoms with Crippen molar-refractivity contribution in [2.24, 2.45) is 0 Å². The van der Waals surface area contributed by atoms with Crippen LogP contribution in [0.4, 0.5) is 11.5 Å². The quantitative estimate of drug-likeness (QED) is 0.874. The number of nitrogens with two attached hydrogens (primary N) is 1. The predicted octanol–water partition coefficient (Wildman–Crippen LogP) is 2.65. The topological polar surface area (TPSA) is 60.2 Å². The van der Waals surface area contributed by atoms with Gasteiger partial charge < -0.3 is 15.8 Å². The van der Waals surface area contributed by atoms with Crippen LogP contribution in [-0.4, -0.2) is 12.1 Å². The summed E-state index contributed by atoms with van der Waals surface area (Å²) in [6, 6.07) is 3.53. The largest absolute Gasteiger partial charge is 0.481 e. The van der Waals surface area contributed by atoms with E-state index in [9.17, 15) is 0 Å². The van der Waals surface area contributed by atoms with E-state index < -0.39 is 0 Å². The number of hydrogen-bond donors (Lipinski definition) is 2. The summed E-state index contributed by atoms with van der Waals surface area (Å²) >= 11 is 1.70. The van der Waals surface area contributed by atoms with Crippen molar-refractivity contribution in [2.75, 3.05) is 18.2 Å². The van der Waals surface area contributed by atoms with Gasteiger partial charge >= 0.3 is 0 Å². The van der Waals surface area contributed by atoms with Gasteiger partial charge in [-0.2, -0.15) is 16.3 Å². The normalized spacial score (nSPS) is 10.2. The Hall–Kier alpha value is -1.75. The Morgan fingerprint density at radius 1 is 1.41 bits per heavy atom. The number of anilines is 2. The first kappa shape index (κ1) is 11.7. The van der Waals surface area contributed by atoms with Gasteiger partial charge in [0.15, 0.2) is 5.82 Å². The van der Waals surface area contributed by atoms with Gasteiger partial charge in [0, 0.05) is 12.6 Å². The number of pyridine rings is 1. The summed E-state index contributed by atoms with van der Waals surface area (Å²) in [5.74, 6) is 1.22. The fraction of sp³-hybridized carbons (Fsp3) is 0.250. The first-order chi connectivity index (χ1) is 8.20. The fourth-order valence-corrected chi connectivity index (χ4v) is 2.31. The molecule has 0 aliphatic carbocycles. The Morgan fingerprint density at radius 2 is 2.24 bits per heavy atom. The van der Waals surface area contributed by atoms with Crippen LogP contribution < -0.4 is 15.8 Å². The van der Waals surface area contributed by atoms with E-state index in [-0.39, 0.29) is 0 Å². The lowest BCUT2D eigenvalue weighted by molar-refractivity contribution is 0.398. The Morgan fingerprint density at radius 3 is 2.88 bits per heavy atom. The highest BCUT2D eigenvalue weighted by atomic mass is 32.1. The fourth-order valence-electron chi connectivity index (χ4n) is 1.45. The lowest BCUT2D eigenvalue weighted by atomic mass is 10.2. The number of ether oxygens (including phenoxy) is 1. The third kappa shape index (κ3) is 2.68. The highest BCUT2D eigenvalue weighted by Crippen LogP contribution is 2.21. The molecule has 2 heterocycles. The van der Waals surface area contributed by atoms with E-state index in [1.54, 1.807) is 30.6 Å². The molecule has 0 aliphatic heterocycles. The average Bonchev–Trinajstić information content (AvgIpc) is 2.74. The molecule has 2 aromatic rings. The number of hydrogen-bond acceptors (Lipinski definition) is 5. The van der Waals surface area contributed by atoms with Crippen molar-refractivity contribution in [3.63, 3.8) is 0 Å². The number of rotatable bonds is 4. The van der Waals surface area contributed by atoms with Crippen LogP contribution in [-0.2, 0) is 6.54 Å². The second-order valence-corrected chi connectivity index (χ2v) is 4.47. The highest BCUT2D eigenvalue weighted by Gasteiger charge is 2.04. The number of nitrogens with zero attached hydrogens (tertiary/aromatic N) is 1. The van der Waals surface area contributed by atoms with Crippen molar-refractivity contribution in [1.82, 2.24) is 4.98 Å². The van der Waals surface area contributed by atoms with Crippen molar-refractivity contribution in [3.8, 4) is 5.88 Å². The number of nitrogen functional groups attached to an aromatic ring is 1. The zero-order chi connectivity index (χ0) is 12.3.